The van der Waals surface area contributed by atoms with Gasteiger partial charge in [-0.25, -0.2) is 4.68 Å². The van der Waals surface area contributed by atoms with Gasteiger partial charge in [-0.2, -0.15) is 0 Å². The lowest BCUT2D eigenvalue weighted by Gasteiger charge is -2.45. The third-order valence-electron chi connectivity index (χ3n) is 4.49. The fraction of sp³-hybridized carbons (Fsp3) is 0.938. The summed E-state index contributed by atoms with van der Waals surface area (Å²) in [6.07, 6.45) is 4.68. The lowest BCUT2D eigenvalue weighted by Crippen LogP contribution is -2.36. The van der Waals surface area contributed by atoms with Crippen molar-refractivity contribution in [1.29, 1.82) is 0 Å². The summed E-state index contributed by atoms with van der Waals surface area (Å²) in [5.41, 5.74) is 0.686. The second-order valence-electron chi connectivity index (χ2n) is 8.22. The SMILES string of the molecule is CCCNC(C)c1nnnn1C1CC(C)(C)CC(C)(C)C1. The molecule has 0 saturated heterocycles. The Labute approximate surface area is 128 Å². The Bertz CT molecular complexity index is 447. The average Bonchev–Trinajstić information content (AvgIpc) is 2.81. The van der Waals surface area contributed by atoms with E-state index in [4.69, 9.17) is 0 Å². The summed E-state index contributed by atoms with van der Waals surface area (Å²) in [6.45, 7) is 14.8. The number of hydrogen-bond acceptors (Lipinski definition) is 4. The summed E-state index contributed by atoms with van der Waals surface area (Å²) in [5.74, 6) is 0.974. The first kappa shape index (κ1) is 16.4. The van der Waals surface area contributed by atoms with E-state index in [9.17, 15) is 0 Å². The Morgan fingerprint density at radius 3 is 2.43 bits per heavy atom. The van der Waals surface area contributed by atoms with Gasteiger partial charge in [0.15, 0.2) is 5.82 Å². The van der Waals surface area contributed by atoms with Crippen molar-refractivity contribution in [3.05, 3.63) is 5.82 Å². The van der Waals surface area contributed by atoms with Crippen LogP contribution in [-0.4, -0.2) is 26.8 Å². The van der Waals surface area contributed by atoms with Crippen LogP contribution in [0.5, 0.6) is 0 Å². The summed E-state index contributed by atoms with van der Waals surface area (Å²) in [4.78, 5) is 0. The number of hydrogen-bond donors (Lipinski definition) is 1. The maximum atomic E-state index is 4.32. The molecule has 1 fully saturated rings. The molecule has 0 aromatic carbocycles. The lowest BCUT2D eigenvalue weighted by molar-refractivity contribution is 0.0645. The molecule has 1 N–H and O–H groups in total. The van der Waals surface area contributed by atoms with Gasteiger partial charge in [0.1, 0.15) is 0 Å². The Balaban J connectivity index is 2.20. The summed E-state index contributed by atoms with van der Waals surface area (Å²) in [6, 6.07) is 0.604. The topological polar surface area (TPSA) is 55.6 Å². The first-order valence-corrected chi connectivity index (χ1v) is 8.25. The molecule has 5 nitrogen and oxygen atoms in total. The maximum Gasteiger partial charge on any atom is 0.168 e. The zero-order chi connectivity index (χ0) is 15.7. The molecule has 1 aliphatic rings. The molecule has 120 valence electrons. The molecule has 1 saturated carbocycles. The highest BCUT2D eigenvalue weighted by atomic mass is 15.6. The molecule has 1 heterocycles. The molecular formula is C16H31N5. The molecule has 0 bridgehead atoms. The van der Waals surface area contributed by atoms with Gasteiger partial charge in [-0.05, 0) is 60.4 Å². The van der Waals surface area contributed by atoms with Crippen molar-refractivity contribution in [1.82, 2.24) is 25.5 Å². The molecule has 0 amide bonds. The monoisotopic (exact) mass is 293 g/mol. The highest BCUT2D eigenvalue weighted by molar-refractivity contribution is 4.97. The van der Waals surface area contributed by atoms with Crippen molar-refractivity contribution in [2.24, 2.45) is 10.8 Å². The minimum Gasteiger partial charge on any atom is -0.307 e. The van der Waals surface area contributed by atoms with Crippen molar-refractivity contribution in [2.45, 2.75) is 79.3 Å². The van der Waals surface area contributed by atoms with Gasteiger partial charge in [-0.1, -0.05) is 34.6 Å². The van der Waals surface area contributed by atoms with Gasteiger partial charge < -0.3 is 5.32 Å². The van der Waals surface area contributed by atoms with Crippen LogP contribution in [0, 0.1) is 10.8 Å². The molecule has 0 radical (unpaired) electrons. The van der Waals surface area contributed by atoms with E-state index in [1.807, 2.05) is 0 Å². The molecule has 1 aliphatic carbocycles. The predicted molar refractivity (Wildman–Crippen MR) is 85.0 cm³/mol. The number of nitrogens with one attached hydrogen (secondary N) is 1. The van der Waals surface area contributed by atoms with E-state index >= 15 is 0 Å². The van der Waals surface area contributed by atoms with Crippen molar-refractivity contribution in [3.8, 4) is 0 Å². The summed E-state index contributed by atoms with van der Waals surface area (Å²) >= 11 is 0. The highest BCUT2D eigenvalue weighted by Crippen LogP contribution is 2.50. The van der Waals surface area contributed by atoms with Crippen LogP contribution in [-0.2, 0) is 0 Å². The van der Waals surface area contributed by atoms with Crippen molar-refractivity contribution >= 4 is 0 Å². The van der Waals surface area contributed by atoms with E-state index < -0.39 is 0 Å². The Morgan fingerprint density at radius 1 is 1.24 bits per heavy atom. The minimum atomic E-state index is 0.202. The molecule has 1 atom stereocenters. The van der Waals surface area contributed by atoms with Crippen LogP contribution in [0.1, 0.15) is 85.1 Å². The third kappa shape index (κ3) is 4.02. The zero-order valence-corrected chi connectivity index (χ0v) is 14.5. The van der Waals surface area contributed by atoms with Gasteiger partial charge in [0.05, 0.1) is 12.1 Å². The van der Waals surface area contributed by atoms with Crippen LogP contribution in [0.3, 0.4) is 0 Å². The first-order chi connectivity index (χ1) is 9.74. The standard InChI is InChI=1S/C16H31N5/c1-7-8-17-12(2)14-18-19-20-21(14)13-9-15(3,4)11-16(5,6)10-13/h12-13,17H,7-11H2,1-6H3. The third-order valence-corrected chi connectivity index (χ3v) is 4.49. The molecular weight excluding hydrogens is 262 g/mol. The Morgan fingerprint density at radius 2 is 1.86 bits per heavy atom. The van der Waals surface area contributed by atoms with Crippen molar-refractivity contribution in [3.63, 3.8) is 0 Å². The molecule has 21 heavy (non-hydrogen) atoms. The molecule has 2 rings (SSSR count). The quantitative estimate of drug-likeness (QED) is 0.902. The van der Waals surface area contributed by atoms with E-state index in [0.29, 0.717) is 16.9 Å². The van der Waals surface area contributed by atoms with Gasteiger partial charge in [0.25, 0.3) is 0 Å². The van der Waals surface area contributed by atoms with Gasteiger partial charge in [-0.15, -0.1) is 5.10 Å². The second kappa shape index (κ2) is 6.03. The van der Waals surface area contributed by atoms with Crippen LogP contribution in [0.4, 0.5) is 0 Å². The minimum absolute atomic E-state index is 0.202. The zero-order valence-electron chi connectivity index (χ0n) is 14.5. The van der Waals surface area contributed by atoms with Crippen LogP contribution >= 0.6 is 0 Å². The molecule has 1 aromatic heterocycles. The fourth-order valence-corrected chi connectivity index (χ4v) is 4.16. The summed E-state index contributed by atoms with van der Waals surface area (Å²) < 4.78 is 2.08. The smallest absolute Gasteiger partial charge is 0.168 e. The van der Waals surface area contributed by atoms with Gasteiger partial charge in [0, 0.05) is 0 Å². The van der Waals surface area contributed by atoms with Gasteiger partial charge in [-0.3, -0.25) is 0 Å². The predicted octanol–water partition coefficient (Wildman–Crippen LogP) is 3.51. The van der Waals surface area contributed by atoms with Gasteiger partial charge >= 0.3 is 0 Å². The first-order valence-electron chi connectivity index (χ1n) is 8.25. The molecule has 0 aliphatic heterocycles. The second-order valence-corrected chi connectivity index (χ2v) is 8.22. The fourth-order valence-electron chi connectivity index (χ4n) is 4.16. The van der Waals surface area contributed by atoms with Crippen molar-refractivity contribution in [2.75, 3.05) is 6.54 Å². The van der Waals surface area contributed by atoms with Crippen LogP contribution in [0.15, 0.2) is 0 Å². The van der Waals surface area contributed by atoms with Crippen LogP contribution in [0.2, 0.25) is 0 Å². The van der Waals surface area contributed by atoms with Gasteiger partial charge in [0.2, 0.25) is 0 Å². The van der Waals surface area contributed by atoms with E-state index in [1.165, 1.54) is 6.42 Å². The Kier molecular flexibility index (Phi) is 4.71. The Hall–Kier alpha value is -0.970. The normalized spacial score (nSPS) is 23.1. The largest absolute Gasteiger partial charge is 0.307 e. The number of nitrogens with zero attached hydrogens (tertiary/aromatic N) is 4. The highest BCUT2D eigenvalue weighted by Gasteiger charge is 2.40. The summed E-state index contributed by atoms with van der Waals surface area (Å²) in [7, 11) is 0. The van der Waals surface area contributed by atoms with Crippen LogP contribution in [0.25, 0.3) is 0 Å². The molecule has 1 unspecified atom stereocenters. The molecule has 1 aromatic rings. The van der Waals surface area contributed by atoms with Crippen LogP contribution < -0.4 is 5.32 Å². The number of aromatic nitrogens is 4. The number of tetrazole rings is 1. The van der Waals surface area contributed by atoms with E-state index in [-0.39, 0.29) is 6.04 Å². The van der Waals surface area contributed by atoms with Crippen molar-refractivity contribution < 1.29 is 0 Å². The lowest BCUT2D eigenvalue weighted by atomic mass is 9.63. The maximum absolute atomic E-state index is 4.32. The van der Waals surface area contributed by atoms with E-state index in [2.05, 4.69) is 67.1 Å². The number of rotatable bonds is 5. The van der Waals surface area contributed by atoms with E-state index in [1.54, 1.807) is 0 Å². The average molecular weight is 293 g/mol. The molecule has 5 heteroatoms. The molecule has 0 spiro atoms. The van der Waals surface area contributed by atoms with E-state index in [0.717, 1.165) is 31.6 Å². The summed E-state index contributed by atoms with van der Waals surface area (Å²) in [5, 5.41) is 16.0.